The summed E-state index contributed by atoms with van der Waals surface area (Å²) >= 11 is 1.52. The standard InChI is InChI=1S/C13H18N2O2S/c16-9-11-3-1-2-8-15(11)13(17)10-18-12-4-6-14-7-5-12/h4-7,11,16H,1-3,8-10H2. The third kappa shape index (κ3) is 3.46. The molecule has 0 bridgehead atoms. The molecule has 0 saturated carbocycles. The van der Waals surface area contributed by atoms with E-state index < -0.39 is 0 Å². The number of rotatable bonds is 4. The van der Waals surface area contributed by atoms with Crippen LogP contribution in [0.5, 0.6) is 0 Å². The van der Waals surface area contributed by atoms with Crippen LogP contribution in [0, 0.1) is 0 Å². The van der Waals surface area contributed by atoms with Crippen LogP contribution in [0.2, 0.25) is 0 Å². The van der Waals surface area contributed by atoms with Gasteiger partial charge in [0.25, 0.3) is 0 Å². The number of likely N-dealkylation sites (tertiary alicyclic amines) is 1. The summed E-state index contributed by atoms with van der Waals surface area (Å²) in [4.78, 5) is 18.9. The van der Waals surface area contributed by atoms with Gasteiger partial charge in [0.05, 0.1) is 18.4 Å². The number of piperidine rings is 1. The van der Waals surface area contributed by atoms with E-state index in [0.717, 1.165) is 30.7 Å². The molecule has 0 radical (unpaired) electrons. The fourth-order valence-corrected chi connectivity index (χ4v) is 2.95. The smallest absolute Gasteiger partial charge is 0.233 e. The molecule has 0 spiro atoms. The van der Waals surface area contributed by atoms with Gasteiger partial charge in [-0.25, -0.2) is 0 Å². The highest BCUT2D eigenvalue weighted by molar-refractivity contribution is 8.00. The van der Waals surface area contributed by atoms with Crippen LogP contribution in [0.3, 0.4) is 0 Å². The SMILES string of the molecule is O=C(CSc1ccncc1)N1CCCCC1CO. The van der Waals surface area contributed by atoms with Gasteiger partial charge in [-0.1, -0.05) is 0 Å². The first-order chi connectivity index (χ1) is 8.81. The van der Waals surface area contributed by atoms with Crippen LogP contribution in [0.15, 0.2) is 29.4 Å². The number of carbonyl (C=O) groups excluding carboxylic acids is 1. The van der Waals surface area contributed by atoms with E-state index in [1.165, 1.54) is 11.8 Å². The van der Waals surface area contributed by atoms with Gasteiger partial charge >= 0.3 is 0 Å². The summed E-state index contributed by atoms with van der Waals surface area (Å²) in [6, 6.07) is 3.82. The molecule has 0 aromatic carbocycles. The van der Waals surface area contributed by atoms with Crippen LogP contribution >= 0.6 is 11.8 Å². The Balaban J connectivity index is 1.87. The van der Waals surface area contributed by atoms with Crippen molar-refractivity contribution in [1.82, 2.24) is 9.88 Å². The number of aliphatic hydroxyl groups excluding tert-OH is 1. The fourth-order valence-electron chi connectivity index (χ4n) is 2.18. The van der Waals surface area contributed by atoms with Crippen molar-refractivity contribution in [2.24, 2.45) is 0 Å². The summed E-state index contributed by atoms with van der Waals surface area (Å²) in [5.74, 6) is 0.552. The van der Waals surface area contributed by atoms with Gasteiger partial charge in [-0.2, -0.15) is 0 Å². The first-order valence-corrected chi connectivity index (χ1v) is 7.23. The normalized spacial score (nSPS) is 19.8. The van der Waals surface area contributed by atoms with Gasteiger partial charge in [0.1, 0.15) is 0 Å². The van der Waals surface area contributed by atoms with Crippen LogP contribution in [-0.2, 0) is 4.79 Å². The van der Waals surface area contributed by atoms with Gasteiger partial charge in [-0.05, 0) is 31.4 Å². The van der Waals surface area contributed by atoms with Gasteiger partial charge in [0.15, 0.2) is 0 Å². The van der Waals surface area contributed by atoms with Crippen molar-refractivity contribution in [3.63, 3.8) is 0 Å². The largest absolute Gasteiger partial charge is 0.394 e. The average molecular weight is 266 g/mol. The zero-order valence-electron chi connectivity index (χ0n) is 10.3. The Morgan fingerprint density at radius 1 is 1.44 bits per heavy atom. The van der Waals surface area contributed by atoms with E-state index in [9.17, 15) is 9.90 Å². The molecule has 1 atom stereocenters. The van der Waals surface area contributed by atoms with E-state index in [0.29, 0.717) is 5.75 Å². The highest BCUT2D eigenvalue weighted by Gasteiger charge is 2.25. The number of thioether (sulfide) groups is 1. The summed E-state index contributed by atoms with van der Waals surface area (Å²) in [5.41, 5.74) is 0. The molecule has 1 unspecified atom stereocenters. The van der Waals surface area contributed by atoms with Crippen molar-refractivity contribution >= 4 is 17.7 Å². The second-order valence-electron chi connectivity index (χ2n) is 4.39. The third-order valence-corrected chi connectivity index (χ3v) is 4.17. The molecule has 2 rings (SSSR count). The molecule has 1 amide bonds. The van der Waals surface area contributed by atoms with Crippen molar-refractivity contribution in [2.75, 3.05) is 18.9 Å². The minimum absolute atomic E-state index is 0.0179. The number of amides is 1. The maximum atomic E-state index is 12.1. The molecule has 5 heteroatoms. The Morgan fingerprint density at radius 3 is 2.94 bits per heavy atom. The molecule has 1 aromatic rings. The molecule has 18 heavy (non-hydrogen) atoms. The molecule has 1 fully saturated rings. The number of pyridine rings is 1. The van der Waals surface area contributed by atoms with E-state index >= 15 is 0 Å². The predicted molar refractivity (Wildman–Crippen MR) is 71.4 cm³/mol. The molecule has 1 aliphatic heterocycles. The fraction of sp³-hybridized carbons (Fsp3) is 0.538. The molecule has 1 N–H and O–H groups in total. The minimum Gasteiger partial charge on any atom is -0.394 e. The Kier molecular flexibility index (Phi) is 5.01. The first kappa shape index (κ1) is 13.4. The zero-order chi connectivity index (χ0) is 12.8. The number of hydrogen-bond acceptors (Lipinski definition) is 4. The first-order valence-electron chi connectivity index (χ1n) is 6.24. The van der Waals surface area contributed by atoms with Gasteiger partial charge in [-0.15, -0.1) is 11.8 Å². The topological polar surface area (TPSA) is 53.4 Å². The molecule has 1 saturated heterocycles. The summed E-state index contributed by atoms with van der Waals surface area (Å²) in [6.07, 6.45) is 6.52. The molecule has 4 nitrogen and oxygen atoms in total. The summed E-state index contributed by atoms with van der Waals surface area (Å²) < 4.78 is 0. The maximum absolute atomic E-state index is 12.1. The number of nitrogens with zero attached hydrogens (tertiary/aromatic N) is 2. The molecule has 1 aliphatic rings. The van der Waals surface area contributed by atoms with Gasteiger partial charge in [-0.3, -0.25) is 9.78 Å². The van der Waals surface area contributed by atoms with Crippen molar-refractivity contribution in [3.05, 3.63) is 24.5 Å². The lowest BCUT2D eigenvalue weighted by Crippen LogP contribution is -2.46. The molecule has 1 aromatic heterocycles. The second kappa shape index (κ2) is 6.75. The van der Waals surface area contributed by atoms with E-state index in [2.05, 4.69) is 4.98 Å². The lowest BCUT2D eigenvalue weighted by Gasteiger charge is -2.34. The highest BCUT2D eigenvalue weighted by Crippen LogP contribution is 2.21. The van der Waals surface area contributed by atoms with Crippen LogP contribution in [0.25, 0.3) is 0 Å². The Hall–Kier alpha value is -1.07. The quantitative estimate of drug-likeness (QED) is 0.840. The van der Waals surface area contributed by atoms with Gasteiger partial charge in [0, 0.05) is 23.8 Å². The molecule has 2 heterocycles. The van der Waals surface area contributed by atoms with E-state index in [4.69, 9.17) is 0 Å². The lowest BCUT2D eigenvalue weighted by atomic mass is 10.0. The molecule has 0 aliphatic carbocycles. The number of aromatic nitrogens is 1. The zero-order valence-corrected chi connectivity index (χ0v) is 11.1. The van der Waals surface area contributed by atoms with Crippen molar-refractivity contribution in [2.45, 2.75) is 30.2 Å². The summed E-state index contributed by atoms with van der Waals surface area (Å²) in [5, 5.41) is 9.29. The minimum atomic E-state index is 0.0179. The van der Waals surface area contributed by atoms with Crippen LogP contribution < -0.4 is 0 Å². The van der Waals surface area contributed by atoms with Gasteiger partial charge < -0.3 is 10.0 Å². The highest BCUT2D eigenvalue weighted by atomic mass is 32.2. The molecule has 98 valence electrons. The Morgan fingerprint density at radius 2 is 2.22 bits per heavy atom. The van der Waals surface area contributed by atoms with Crippen LogP contribution in [0.4, 0.5) is 0 Å². The van der Waals surface area contributed by atoms with Crippen molar-refractivity contribution in [3.8, 4) is 0 Å². The number of aliphatic hydroxyl groups is 1. The number of hydrogen-bond donors (Lipinski definition) is 1. The summed E-state index contributed by atoms with van der Waals surface area (Å²) in [7, 11) is 0. The van der Waals surface area contributed by atoms with Crippen LogP contribution in [0.1, 0.15) is 19.3 Å². The van der Waals surface area contributed by atoms with E-state index in [1.54, 1.807) is 12.4 Å². The van der Waals surface area contributed by atoms with E-state index in [-0.39, 0.29) is 18.6 Å². The maximum Gasteiger partial charge on any atom is 0.233 e. The van der Waals surface area contributed by atoms with Crippen molar-refractivity contribution < 1.29 is 9.90 Å². The molecular formula is C13H18N2O2S. The third-order valence-electron chi connectivity index (χ3n) is 3.17. The van der Waals surface area contributed by atoms with Gasteiger partial charge in [0.2, 0.25) is 5.91 Å². The number of carbonyl (C=O) groups is 1. The Labute approximate surface area is 111 Å². The van der Waals surface area contributed by atoms with Crippen molar-refractivity contribution in [1.29, 1.82) is 0 Å². The van der Waals surface area contributed by atoms with Crippen LogP contribution in [-0.4, -0.2) is 45.8 Å². The summed E-state index contributed by atoms with van der Waals surface area (Å²) in [6.45, 7) is 0.854. The lowest BCUT2D eigenvalue weighted by molar-refractivity contribution is -0.132. The van der Waals surface area contributed by atoms with E-state index in [1.807, 2.05) is 17.0 Å². The average Bonchev–Trinajstić information content (AvgIpc) is 2.45. The molecular weight excluding hydrogens is 248 g/mol. The predicted octanol–water partition coefficient (Wildman–Crippen LogP) is 1.55. The second-order valence-corrected chi connectivity index (χ2v) is 5.44. The monoisotopic (exact) mass is 266 g/mol. The Bertz CT molecular complexity index is 386.